The largest absolute Gasteiger partial charge is 0.489 e. The fourth-order valence-corrected chi connectivity index (χ4v) is 2.85. The van der Waals surface area contributed by atoms with Crippen LogP contribution >= 0.6 is 24.0 Å². The lowest BCUT2D eigenvalue weighted by atomic mass is 10.2. The van der Waals surface area contributed by atoms with Gasteiger partial charge in [0.2, 0.25) is 5.91 Å². The van der Waals surface area contributed by atoms with Crippen molar-refractivity contribution < 1.29 is 9.53 Å². The summed E-state index contributed by atoms with van der Waals surface area (Å²) in [5.74, 6) is 1.56. The second-order valence-corrected chi connectivity index (χ2v) is 6.81. The molecule has 0 unspecified atom stereocenters. The Labute approximate surface area is 202 Å². The Kier molecular flexibility index (Phi) is 13.1. The van der Waals surface area contributed by atoms with Crippen LogP contribution in [0.25, 0.3) is 0 Å². The molecule has 0 saturated heterocycles. The smallest absolute Gasteiger partial charge is 0.224 e. The van der Waals surface area contributed by atoms with Gasteiger partial charge in [0.25, 0.3) is 0 Å². The van der Waals surface area contributed by atoms with Crippen LogP contribution in [0.4, 0.5) is 0 Å². The molecule has 2 rings (SSSR count). The van der Waals surface area contributed by atoms with Gasteiger partial charge < -0.3 is 20.3 Å². The van der Waals surface area contributed by atoms with Gasteiger partial charge >= 0.3 is 0 Å². The molecule has 0 bridgehead atoms. The molecule has 0 atom stereocenters. The Hall–Kier alpha value is -2.55. The molecule has 0 heterocycles. The molecule has 0 fully saturated rings. The van der Waals surface area contributed by atoms with Crippen molar-refractivity contribution in [2.75, 3.05) is 26.7 Å². The molecule has 168 valence electrons. The standard InChI is InChI=1S/C24H32N4O2.HI/c1-4-17-30-22-14-10-9-13-21(22)18-27-24(25-5-2)26-16-15-23(29)28(3)19-20-11-7-6-8-12-20;/h4,6-14H,1,5,15-19H2,2-3H3,(H2,25,26,27);1H. The molecule has 7 heteroatoms. The highest BCUT2D eigenvalue weighted by molar-refractivity contribution is 14.0. The van der Waals surface area contributed by atoms with E-state index in [4.69, 9.17) is 4.74 Å². The number of para-hydroxylation sites is 1. The molecule has 2 aromatic carbocycles. The quantitative estimate of drug-likeness (QED) is 0.198. The van der Waals surface area contributed by atoms with E-state index in [2.05, 4.69) is 22.2 Å². The van der Waals surface area contributed by atoms with E-state index in [0.717, 1.165) is 23.4 Å². The fourth-order valence-electron chi connectivity index (χ4n) is 2.85. The lowest BCUT2D eigenvalue weighted by Gasteiger charge is -2.18. The summed E-state index contributed by atoms with van der Waals surface area (Å²) in [7, 11) is 1.83. The van der Waals surface area contributed by atoms with Crippen LogP contribution in [0.1, 0.15) is 24.5 Å². The van der Waals surface area contributed by atoms with Gasteiger partial charge in [0.1, 0.15) is 12.4 Å². The van der Waals surface area contributed by atoms with Crippen molar-refractivity contribution in [3.8, 4) is 5.75 Å². The summed E-state index contributed by atoms with van der Waals surface area (Å²) in [6.07, 6.45) is 2.12. The van der Waals surface area contributed by atoms with Crippen molar-refractivity contribution in [3.05, 3.63) is 78.4 Å². The average Bonchev–Trinajstić information content (AvgIpc) is 2.77. The van der Waals surface area contributed by atoms with E-state index in [0.29, 0.717) is 38.6 Å². The molecule has 31 heavy (non-hydrogen) atoms. The molecular weight excluding hydrogens is 503 g/mol. The number of nitrogens with one attached hydrogen (secondary N) is 2. The van der Waals surface area contributed by atoms with E-state index in [1.54, 1.807) is 11.0 Å². The van der Waals surface area contributed by atoms with Gasteiger partial charge in [-0.05, 0) is 18.6 Å². The number of aliphatic imine (C=N–C) groups is 1. The molecule has 0 aromatic heterocycles. The van der Waals surface area contributed by atoms with Crippen molar-refractivity contribution in [2.24, 2.45) is 4.99 Å². The lowest BCUT2D eigenvalue weighted by Crippen LogP contribution is -2.39. The summed E-state index contributed by atoms with van der Waals surface area (Å²) in [5, 5.41) is 6.45. The molecule has 0 aliphatic heterocycles. The highest BCUT2D eigenvalue weighted by atomic mass is 127. The zero-order valence-electron chi connectivity index (χ0n) is 18.3. The van der Waals surface area contributed by atoms with Crippen molar-refractivity contribution >= 4 is 35.8 Å². The maximum atomic E-state index is 12.4. The first-order valence-corrected chi connectivity index (χ1v) is 10.3. The third kappa shape index (κ3) is 9.87. The second kappa shape index (κ2) is 15.3. The third-order valence-corrected chi connectivity index (χ3v) is 4.40. The zero-order valence-corrected chi connectivity index (χ0v) is 20.7. The summed E-state index contributed by atoms with van der Waals surface area (Å²) in [6, 6.07) is 17.8. The Morgan fingerprint density at radius 2 is 1.84 bits per heavy atom. The predicted octanol–water partition coefficient (Wildman–Crippen LogP) is 3.97. The van der Waals surface area contributed by atoms with Crippen LogP contribution in [0.15, 0.2) is 72.2 Å². The minimum Gasteiger partial charge on any atom is -0.489 e. The van der Waals surface area contributed by atoms with E-state index >= 15 is 0 Å². The van der Waals surface area contributed by atoms with Crippen molar-refractivity contribution in [3.63, 3.8) is 0 Å². The molecule has 2 N–H and O–H groups in total. The number of halogens is 1. The first kappa shape index (κ1) is 26.5. The number of hydrogen-bond acceptors (Lipinski definition) is 3. The third-order valence-electron chi connectivity index (χ3n) is 4.40. The predicted molar refractivity (Wildman–Crippen MR) is 138 cm³/mol. The van der Waals surface area contributed by atoms with E-state index in [1.807, 2.05) is 68.6 Å². The first-order chi connectivity index (χ1) is 14.6. The Morgan fingerprint density at radius 1 is 1.13 bits per heavy atom. The highest BCUT2D eigenvalue weighted by Gasteiger charge is 2.09. The lowest BCUT2D eigenvalue weighted by molar-refractivity contribution is -0.130. The molecule has 0 radical (unpaired) electrons. The minimum absolute atomic E-state index is 0. The summed E-state index contributed by atoms with van der Waals surface area (Å²) >= 11 is 0. The van der Waals surface area contributed by atoms with E-state index in [9.17, 15) is 4.79 Å². The van der Waals surface area contributed by atoms with Crippen molar-refractivity contribution in [2.45, 2.75) is 26.4 Å². The van der Waals surface area contributed by atoms with Crippen LogP contribution in [0, 0.1) is 0 Å². The van der Waals surface area contributed by atoms with E-state index in [1.165, 1.54) is 0 Å². The van der Waals surface area contributed by atoms with Crippen LogP contribution in [0.2, 0.25) is 0 Å². The molecule has 0 aliphatic carbocycles. The Morgan fingerprint density at radius 3 is 2.55 bits per heavy atom. The van der Waals surface area contributed by atoms with Gasteiger partial charge in [-0.3, -0.25) is 4.79 Å². The first-order valence-electron chi connectivity index (χ1n) is 10.3. The molecule has 0 aliphatic rings. The van der Waals surface area contributed by atoms with Gasteiger partial charge in [0, 0.05) is 38.7 Å². The molecule has 0 spiro atoms. The number of guanidine groups is 1. The normalized spacial score (nSPS) is 10.6. The molecule has 1 amide bonds. The topological polar surface area (TPSA) is 66.0 Å². The maximum absolute atomic E-state index is 12.4. The van der Waals surface area contributed by atoms with Gasteiger partial charge in [-0.15, -0.1) is 24.0 Å². The number of hydrogen-bond donors (Lipinski definition) is 2. The number of carbonyl (C=O) groups is 1. The zero-order chi connectivity index (χ0) is 21.6. The van der Waals surface area contributed by atoms with Gasteiger partial charge in [-0.25, -0.2) is 4.99 Å². The van der Waals surface area contributed by atoms with Crippen LogP contribution in [0.5, 0.6) is 5.75 Å². The second-order valence-electron chi connectivity index (χ2n) is 6.81. The Bertz CT molecular complexity index is 827. The van der Waals surface area contributed by atoms with Crippen LogP contribution < -0.4 is 15.4 Å². The van der Waals surface area contributed by atoms with Gasteiger partial charge in [-0.2, -0.15) is 0 Å². The fraction of sp³-hybridized carbons (Fsp3) is 0.333. The SMILES string of the molecule is C=CCOc1ccccc1CN=C(NCC)NCCC(=O)N(C)Cc1ccccc1.I. The Balaban J connectivity index is 0.00000480. The van der Waals surface area contributed by atoms with E-state index < -0.39 is 0 Å². The summed E-state index contributed by atoms with van der Waals surface area (Å²) in [4.78, 5) is 18.8. The van der Waals surface area contributed by atoms with E-state index in [-0.39, 0.29) is 29.9 Å². The maximum Gasteiger partial charge on any atom is 0.224 e. The van der Waals surface area contributed by atoms with Gasteiger partial charge in [-0.1, -0.05) is 61.2 Å². The van der Waals surface area contributed by atoms with Crippen LogP contribution in [-0.4, -0.2) is 43.5 Å². The van der Waals surface area contributed by atoms with Gasteiger partial charge in [0.05, 0.1) is 6.54 Å². The van der Waals surface area contributed by atoms with Crippen molar-refractivity contribution in [1.29, 1.82) is 0 Å². The summed E-state index contributed by atoms with van der Waals surface area (Å²) in [5.41, 5.74) is 2.11. The van der Waals surface area contributed by atoms with Crippen LogP contribution in [-0.2, 0) is 17.9 Å². The number of amides is 1. The van der Waals surface area contributed by atoms with Crippen molar-refractivity contribution in [1.82, 2.24) is 15.5 Å². The number of carbonyl (C=O) groups excluding carboxylic acids is 1. The molecule has 2 aromatic rings. The number of benzene rings is 2. The summed E-state index contributed by atoms with van der Waals surface area (Å²) < 4.78 is 5.69. The average molecular weight is 536 g/mol. The molecule has 6 nitrogen and oxygen atoms in total. The summed E-state index contributed by atoms with van der Waals surface area (Å²) in [6.45, 7) is 8.48. The highest BCUT2D eigenvalue weighted by Crippen LogP contribution is 2.18. The minimum atomic E-state index is 0. The molecule has 0 saturated carbocycles. The van der Waals surface area contributed by atoms with Crippen LogP contribution in [0.3, 0.4) is 0 Å². The number of ether oxygens (including phenoxy) is 1. The monoisotopic (exact) mass is 536 g/mol. The number of rotatable bonds is 11. The number of nitrogens with zero attached hydrogens (tertiary/aromatic N) is 2. The van der Waals surface area contributed by atoms with Gasteiger partial charge in [0.15, 0.2) is 5.96 Å². The molecular formula is C24H33IN4O2.